The van der Waals surface area contributed by atoms with Crippen LogP contribution in [0.5, 0.6) is 0 Å². The third-order valence-corrected chi connectivity index (χ3v) is 9.14. The molecule has 0 bridgehead atoms. The van der Waals surface area contributed by atoms with Gasteiger partial charge in [-0.2, -0.15) is 0 Å². The molecule has 0 saturated heterocycles. The largest absolute Gasteiger partial charge is 0.333 e. The predicted molar refractivity (Wildman–Crippen MR) is 173 cm³/mol. The molecule has 1 atom stereocenters. The second kappa shape index (κ2) is 13.8. The van der Waals surface area contributed by atoms with E-state index in [0.717, 1.165) is 34.0 Å². The fraction of sp³-hybridized carbons (Fsp3) is 0.176. The molecule has 5 rings (SSSR count). The molecule has 0 aliphatic heterocycles. The average Bonchev–Trinajstić information content (AvgIpc) is 3.44. The van der Waals surface area contributed by atoms with E-state index in [2.05, 4.69) is 52.0 Å². The van der Waals surface area contributed by atoms with Gasteiger partial charge < -0.3 is 9.88 Å². The van der Waals surface area contributed by atoms with Crippen molar-refractivity contribution >= 4 is 27.8 Å². The third kappa shape index (κ3) is 7.74. The fourth-order valence-corrected chi connectivity index (χ4v) is 6.58. The highest BCUT2D eigenvalue weighted by Gasteiger charge is 2.22. The van der Waals surface area contributed by atoms with Crippen LogP contribution in [0.3, 0.4) is 0 Å². The van der Waals surface area contributed by atoms with Crippen molar-refractivity contribution in [1.29, 1.82) is 0 Å². The first kappa shape index (κ1) is 30.1. The highest BCUT2D eigenvalue weighted by atomic mass is 32.2. The standard InChI is InChI=1S/C34H34N4O3S2/c1-25(21-26-11-5-3-6-12-26)33-36-32(42-2)24-38(33)23-28-17-19-29(20-18-28)30-15-9-10-16-31(30)43(40,41)37-34(39)35-22-27-13-7-4-8-14-27/h3-20,24-25H,21-23H2,1-2H3,(H2,35,37,39). The summed E-state index contributed by atoms with van der Waals surface area (Å²) in [6.45, 7) is 3.06. The third-order valence-electron chi connectivity index (χ3n) is 7.14. The molecule has 1 aromatic heterocycles. The molecule has 5 aromatic rings. The van der Waals surface area contributed by atoms with Crippen LogP contribution in [-0.4, -0.2) is 30.3 Å². The van der Waals surface area contributed by atoms with Crippen molar-refractivity contribution in [3.8, 4) is 11.1 Å². The number of hydrogen-bond donors (Lipinski definition) is 2. The van der Waals surface area contributed by atoms with Gasteiger partial charge >= 0.3 is 6.03 Å². The van der Waals surface area contributed by atoms with Gasteiger partial charge in [-0.05, 0) is 41.0 Å². The quantitative estimate of drug-likeness (QED) is 0.160. The fourth-order valence-electron chi connectivity index (χ4n) is 5.00. The normalized spacial score (nSPS) is 12.0. The number of rotatable bonds is 11. The number of carbonyl (C=O) groups excluding carboxylic acids is 1. The minimum Gasteiger partial charge on any atom is -0.333 e. The first-order valence-electron chi connectivity index (χ1n) is 14.0. The van der Waals surface area contributed by atoms with E-state index in [1.54, 1.807) is 30.0 Å². The minimum atomic E-state index is -4.12. The number of benzene rings is 4. The summed E-state index contributed by atoms with van der Waals surface area (Å²) in [6.07, 6.45) is 5.01. The van der Waals surface area contributed by atoms with E-state index in [1.165, 1.54) is 11.6 Å². The second-order valence-electron chi connectivity index (χ2n) is 10.3. The lowest BCUT2D eigenvalue weighted by molar-refractivity contribution is 0.245. The zero-order chi connectivity index (χ0) is 30.2. The summed E-state index contributed by atoms with van der Waals surface area (Å²) in [5.74, 6) is 1.27. The molecule has 0 aliphatic carbocycles. The van der Waals surface area contributed by atoms with Gasteiger partial charge in [-0.1, -0.05) is 110 Å². The van der Waals surface area contributed by atoms with Crippen LogP contribution in [0.25, 0.3) is 11.1 Å². The molecule has 9 heteroatoms. The monoisotopic (exact) mass is 610 g/mol. The van der Waals surface area contributed by atoms with Gasteiger partial charge in [-0.3, -0.25) is 0 Å². The summed E-state index contributed by atoms with van der Waals surface area (Å²) in [5, 5.41) is 3.59. The van der Waals surface area contributed by atoms with Gasteiger partial charge in [0.1, 0.15) is 10.9 Å². The Hall–Kier alpha value is -4.34. The highest BCUT2D eigenvalue weighted by Crippen LogP contribution is 2.29. The Labute approximate surface area is 257 Å². The number of urea groups is 1. The number of thioether (sulfide) groups is 1. The zero-order valence-corrected chi connectivity index (χ0v) is 25.7. The van der Waals surface area contributed by atoms with Crippen LogP contribution < -0.4 is 10.0 Å². The van der Waals surface area contributed by atoms with Crippen LogP contribution in [0.15, 0.2) is 125 Å². The lowest BCUT2D eigenvalue weighted by Gasteiger charge is -2.15. The van der Waals surface area contributed by atoms with Gasteiger partial charge in [0.2, 0.25) is 0 Å². The Kier molecular flexibility index (Phi) is 9.64. The van der Waals surface area contributed by atoms with Crippen molar-refractivity contribution in [3.63, 3.8) is 0 Å². The van der Waals surface area contributed by atoms with Crippen molar-refractivity contribution in [3.05, 3.63) is 138 Å². The summed E-state index contributed by atoms with van der Waals surface area (Å²) in [6, 6.07) is 33.5. The maximum Gasteiger partial charge on any atom is 0.328 e. The van der Waals surface area contributed by atoms with E-state index in [1.807, 2.05) is 66.9 Å². The van der Waals surface area contributed by atoms with E-state index < -0.39 is 16.1 Å². The zero-order valence-electron chi connectivity index (χ0n) is 24.1. The van der Waals surface area contributed by atoms with Gasteiger partial charge in [0.15, 0.2) is 0 Å². The number of carbonyl (C=O) groups is 1. The summed E-state index contributed by atoms with van der Waals surface area (Å²) in [5.41, 5.74) is 4.47. The lowest BCUT2D eigenvalue weighted by Crippen LogP contribution is -2.39. The van der Waals surface area contributed by atoms with E-state index in [9.17, 15) is 13.2 Å². The topological polar surface area (TPSA) is 93.1 Å². The van der Waals surface area contributed by atoms with E-state index in [0.29, 0.717) is 12.1 Å². The van der Waals surface area contributed by atoms with Crippen molar-refractivity contribution in [2.75, 3.05) is 6.26 Å². The van der Waals surface area contributed by atoms with Gasteiger partial charge in [0.05, 0.1) is 4.90 Å². The summed E-state index contributed by atoms with van der Waals surface area (Å²) < 4.78 is 30.8. The van der Waals surface area contributed by atoms with Gasteiger partial charge in [0, 0.05) is 30.8 Å². The van der Waals surface area contributed by atoms with Gasteiger partial charge in [-0.15, -0.1) is 11.8 Å². The number of amides is 2. The molecule has 4 aromatic carbocycles. The smallest absolute Gasteiger partial charge is 0.328 e. The molecule has 0 radical (unpaired) electrons. The SMILES string of the molecule is CSc1cn(Cc2ccc(-c3ccccc3S(=O)(=O)NC(=O)NCc3ccccc3)cc2)c(C(C)Cc2ccccc2)n1. The summed E-state index contributed by atoms with van der Waals surface area (Å²) in [7, 11) is -4.12. The molecule has 2 N–H and O–H groups in total. The number of nitrogens with zero attached hydrogens (tertiary/aromatic N) is 2. The van der Waals surface area contributed by atoms with E-state index in [4.69, 9.17) is 4.98 Å². The molecule has 0 spiro atoms. The number of aromatic nitrogens is 2. The van der Waals surface area contributed by atoms with E-state index in [-0.39, 0.29) is 17.4 Å². The van der Waals surface area contributed by atoms with Crippen molar-refractivity contribution < 1.29 is 13.2 Å². The minimum absolute atomic E-state index is 0.0360. The molecule has 0 aliphatic rings. The maximum atomic E-state index is 13.2. The molecule has 43 heavy (non-hydrogen) atoms. The van der Waals surface area contributed by atoms with Crippen LogP contribution >= 0.6 is 11.8 Å². The Bertz CT molecular complexity index is 1770. The maximum absolute atomic E-state index is 13.2. The second-order valence-corrected chi connectivity index (χ2v) is 12.8. The molecule has 0 saturated carbocycles. The number of hydrogen-bond acceptors (Lipinski definition) is 5. The Morgan fingerprint density at radius 3 is 2.14 bits per heavy atom. The van der Waals surface area contributed by atoms with Crippen LogP contribution in [-0.2, 0) is 29.5 Å². The first-order valence-corrected chi connectivity index (χ1v) is 16.7. The van der Waals surface area contributed by atoms with Gasteiger partial charge in [-0.25, -0.2) is 22.9 Å². The molecule has 1 unspecified atom stereocenters. The lowest BCUT2D eigenvalue weighted by atomic mass is 10.00. The number of imidazole rings is 1. The Morgan fingerprint density at radius 2 is 1.47 bits per heavy atom. The van der Waals surface area contributed by atoms with Crippen molar-refractivity contribution in [2.45, 2.75) is 42.3 Å². The first-order chi connectivity index (χ1) is 20.8. The summed E-state index contributed by atoms with van der Waals surface area (Å²) in [4.78, 5) is 17.4. The predicted octanol–water partition coefficient (Wildman–Crippen LogP) is 6.85. The Balaban J connectivity index is 1.31. The van der Waals surface area contributed by atoms with Gasteiger partial charge in [0.25, 0.3) is 10.0 Å². The molecule has 2 amide bonds. The van der Waals surface area contributed by atoms with Crippen molar-refractivity contribution in [1.82, 2.24) is 19.6 Å². The molecule has 220 valence electrons. The average molecular weight is 611 g/mol. The molecular formula is C34H34N4O3S2. The molecule has 7 nitrogen and oxygen atoms in total. The van der Waals surface area contributed by atoms with Crippen LogP contribution in [0.2, 0.25) is 0 Å². The molecule has 0 fully saturated rings. The summed E-state index contributed by atoms with van der Waals surface area (Å²) >= 11 is 1.62. The molecular weight excluding hydrogens is 577 g/mol. The molecule has 1 heterocycles. The highest BCUT2D eigenvalue weighted by molar-refractivity contribution is 7.98. The Morgan fingerprint density at radius 1 is 0.837 bits per heavy atom. The number of nitrogens with one attached hydrogen (secondary N) is 2. The number of sulfonamides is 1. The van der Waals surface area contributed by atoms with Crippen molar-refractivity contribution in [2.24, 2.45) is 0 Å². The van der Waals surface area contributed by atoms with Crippen LogP contribution in [0, 0.1) is 0 Å². The van der Waals surface area contributed by atoms with Crippen LogP contribution in [0.1, 0.15) is 35.4 Å². The van der Waals surface area contributed by atoms with E-state index >= 15 is 0 Å². The van der Waals surface area contributed by atoms with Crippen LogP contribution in [0.4, 0.5) is 4.79 Å².